The quantitative estimate of drug-likeness (QED) is 0.309. The summed E-state index contributed by atoms with van der Waals surface area (Å²) >= 11 is 0. The predicted molar refractivity (Wildman–Crippen MR) is 112 cm³/mol. The monoisotopic (exact) mass is 460 g/mol. The molecule has 0 aromatic heterocycles. The van der Waals surface area contributed by atoms with Crippen LogP contribution >= 0.6 is 24.0 Å². The second-order valence-electron chi connectivity index (χ2n) is 6.23. The Kier molecular flexibility index (Phi) is 9.81. The highest BCUT2D eigenvalue weighted by Gasteiger charge is 2.19. The highest BCUT2D eigenvalue weighted by atomic mass is 127. The van der Waals surface area contributed by atoms with Gasteiger partial charge in [-0.3, -0.25) is 4.79 Å². The number of hydrogen-bond acceptors (Lipinski definition) is 3. The molecule has 1 aliphatic carbocycles. The molecule has 2 rings (SSSR count). The Morgan fingerprint density at radius 1 is 1.28 bits per heavy atom. The second kappa shape index (κ2) is 11.3. The smallest absolute Gasteiger partial charge is 0.221 e. The maximum atomic E-state index is 11.1. The van der Waals surface area contributed by atoms with Gasteiger partial charge in [0.05, 0.1) is 12.6 Å². The van der Waals surface area contributed by atoms with Crippen molar-refractivity contribution in [3.63, 3.8) is 0 Å². The average molecular weight is 460 g/mol. The summed E-state index contributed by atoms with van der Waals surface area (Å²) in [6.45, 7) is 4.88. The van der Waals surface area contributed by atoms with Crippen molar-refractivity contribution in [1.82, 2.24) is 10.6 Å². The number of benzene rings is 1. The number of anilines is 1. The third-order valence-electron chi connectivity index (χ3n) is 4.05. The van der Waals surface area contributed by atoms with Crippen LogP contribution in [0.3, 0.4) is 0 Å². The standard InChI is InChI=1S/C18H28N4O2.HI/c1-3-19-18(22-15-7-9-17(24)10-8-15)20-12-14-5-4-6-16(11-14)21-13(2)23;/h4-6,11,15,17,24H,3,7-10,12H2,1-2H3,(H,21,23)(H2,19,20,22);1H. The number of aliphatic imine (C=N–C) groups is 1. The minimum absolute atomic E-state index is 0. The van der Waals surface area contributed by atoms with Gasteiger partial charge in [-0.2, -0.15) is 0 Å². The van der Waals surface area contributed by atoms with Crippen LogP contribution in [-0.4, -0.2) is 35.7 Å². The Balaban J connectivity index is 0.00000312. The summed E-state index contributed by atoms with van der Waals surface area (Å²) in [5.74, 6) is 0.717. The van der Waals surface area contributed by atoms with Crippen molar-refractivity contribution in [1.29, 1.82) is 0 Å². The molecule has 1 aromatic rings. The molecule has 1 aliphatic rings. The van der Waals surface area contributed by atoms with Gasteiger partial charge in [0.1, 0.15) is 0 Å². The summed E-state index contributed by atoms with van der Waals surface area (Å²) in [6.07, 6.45) is 3.46. The van der Waals surface area contributed by atoms with E-state index in [1.165, 1.54) is 6.92 Å². The first-order valence-electron chi connectivity index (χ1n) is 8.66. The summed E-state index contributed by atoms with van der Waals surface area (Å²) in [5.41, 5.74) is 1.83. The number of carbonyl (C=O) groups is 1. The lowest BCUT2D eigenvalue weighted by Crippen LogP contribution is -2.45. The molecule has 140 valence electrons. The van der Waals surface area contributed by atoms with E-state index in [4.69, 9.17) is 0 Å². The summed E-state index contributed by atoms with van der Waals surface area (Å²) in [6, 6.07) is 8.07. The first kappa shape index (κ1) is 21.7. The number of hydrogen-bond donors (Lipinski definition) is 4. The number of nitrogens with zero attached hydrogens (tertiary/aromatic N) is 1. The van der Waals surface area contributed by atoms with Crippen LogP contribution in [-0.2, 0) is 11.3 Å². The molecular weight excluding hydrogens is 431 g/mol. The Morgan fingerprint density at radius 3 is 2.64 bits per heavy atom. The predicted octanol–water partition coefficient (Wildman–Crippen LogP) is 2.62. The van der Waals surface area contributed by atoms with Crippen molar-refractivity contribution in [2.24, 2.45) is 4.99 Å². The minimum atomic E-state index is -0.154. The average Bonchev–Trinajstić information content (AvgIpc) is 2.55. The van der Waals surface area contributed by atoms with Gasteiger partial charge in [0.2, 0.25) is 5.91 Å². The summed E-state index contributed by atoms with van der Waals surface area (Å²) in [7, 11) is 0. The van der Waals surface area contributed by atoms with E-state index in [0.717, 1.165) is 49.4 Å². The van der Waals surface area contributed by atoms with Crippen molar-refractivity contribution >= 4 is 41.5 Å². The molecule has 0 heterocycles. The van der Waals surface area contributed by atoms with E-state index < -0.39 is 0 Å². The topological polar surface area (TPSA) is 85.8 Å². The first-order valence-corrected chi connectivity index (χ1v) is 8.66. The Bertz CT molecular complexity index is 572. The van der Waals surface area contributed by atoms with Gasteiger partial charge in [0.15, 0.2) is 5.96 Å². The van der Waals surface area contributed by atoms with Gasteiger partial charge in [0, 0.05) is 25.2 Å². The van der Waals surface area contributed by atoms with E-state index in [2.05, 4.69) is 20.9 Å². The minimum Gasteiger partial charge on any atom is -0.393 e. The molecule has 0 aliphatic heterocycles. The van der Waals surface area contributed by atoms with Gasteiger partial charge in [0.25, 0.3) is 0 Å². The van der Waals surface area contributed by atoms with Gasteiger partial charge in [-0.05, 0) is 50.3 Å². The molecule has 1 aromatic carbocycles. The third-order valence-corrected chi connectivity index (χ3v) is 4.05. The highest BCUT2D eigenvalue weighted by molar-refractivity contribution is 14.0. The lowest BCUT2D eigenvalue weighted by molar-refractivity contribution is -0.114. The molecule has 0 bridgehead atoms. The van der Waals surface area contributed by atoms with Crippen molar-refractivity contribution in [2.45, 2.75) is 58.2 Å². The van der Waals surface area contributed by atoms with Crippen molar-refractivity contribution in [3.8, 4) is 0 Å². The zero-order chi connectivity index (χ0) is 17.4. The number of amides is 1. The maximum absolute atomic E-state index is 11.1. The van der Waals surface area contributed by atoms with Crippen LogP contribution in [0.2, 0.25) is 0 Å². The molecule has 4 N–H and O–H groups in total. The Morgan fingerprint density at radius 2 is 2.00 bits per heavy atom. The van der Waals surface area contributed by atoms with E-state index in [9.17, 15) is 9.90 Å². The van der Waals surface area contributed by atoms with Crippen LogP contribution < -0.4 is 16.0 Å². The van der Waals surface area contributed by atoms with Gasteiger partial charge in [-0.15, -0.1) is 24.0 Å². The lowest BCUT2D eigenvalue weighted by Gasteiger charge is -2.27. The Hall–Kier alpha value is -1.35. The zero-order valence-corrected chi connectivity index (χ0v) is 17.2. The summed E-state index contributed by atoms with van der Waals surface area (Å²) < 4.78 is 0. The molecule has 1 saturated carbocycles. The molecule has 1 amide bonds. The van der Waals surface area contributed by atoms with Gasteiger partial charge in [-0.1, -0.05) is 12.1 Å². The van der Waals surface area contributed by atoms with E-state index >= 15 is 0 Å². The van der Waals surface area contributed by atoms with E-state index in [1.807, 2.05) is 31.2 Å². The van der Waals surface area contributed by atoms with Crippen molar-refractivity contribution in [2.75, 3.05) is 11.9 Å². The number of nitrogens with one attached hydrogen (secondary N) is 3. The number of aliphatic hydroxyl groups excluding tert-OH is 1. The molecule has 0 saturated heterocycles. The van der Waals surface area contributed by atoms with Crippen LogP contribution in [0.1, 0.15) is 45.1 Å². The molecule has 6 nitrogen and oxygen atoms in total. The van der Waals surface area contributed by atoms with Crippen LogP contribution in [0.5, 0.6) is 0 Å². The zero-order valence-electron chi connectivity index (χ0n) is 14.9. The maximum Gasteiger partial charge on any atom is 0.221 e. The molecular formula is C18H29IN4O2. The lowest BCUT2D eigenvalue weighted by atomic mass is 9.93. The van der Waals surface area contributed by atoms with Gasteiger partial charge in [-0.25, -0.2) is 4.99 Å². The number of rotatable bonds is 5. The molecule has 7 heteroatoms. The largest absolute Gasteiger partial charge is 0.393 e. The molecule has 1 fully saturated rings. The normalized spacial score (nSPS) is 20.4. The molecule has 0 atom stereocenters. The molecule has 25 heavy (non-hydrogen) atoms. The van der Waals surface area contributed by atoms with Gasteiger partial charge < -0.3 is 21.1 Å². The SMILES string of the molecule is CCNC(=NCc1cccc(NC(C)=O)c1)NC1CCC(O)CC1.I. The molecule has 0 unspecified atom stereocenters. The first-order chi connectivity index (χ1) is 11.6. The van der Waals surface area contributed by atoms with Crippen molar-refractivity contribution in [3.05, 3.63) is 29.8 Å². The number of halogens is 1. The van der Waals surface area contributed by atoms with E-state index in [-0.39, 0.29) is 36.0 Å². The van der Waals surface area contributed by atoms with E-state index in [0.29, 0.717) is 12.6 Å². The fraction of sp³-hybridized carbons (Fsp3) is 0.556. The molecule has 0 spiro atoms. The van der Waals surface area contributed by atoms with Gasteiger partial charge >= 0.3 is 0 Å². The van der Waals surface area contributed by atoms with Crippen LogP contribution in [0.4, 0.5) is 5.69 Å². The highest BCUT2D eigenvalue weighted by Crippen LogP contribution is 2.18. The van der Waals surface area contributed by atoms with Crippen LogP contribution in [0.15, 0.2) is 29.3 Å². The van der Waals surface area contributed by atoms with E-state index in [1.54, 1.807) is 0 Å². The number of aliphatic hydroxyl groups is 1. The molecule has 0 radical (unpaired) electrons. The summed E-state index contributed by atoms with van der Waals surface area (Å²) in [5, 5.41) is 19.1. The third kappa shape index (κ3) is 8.04. The number of carbonyl (C=O) groups excluding carboxylic acids is 1. The van der Waals surface area contributed by atoms with Crippen molar-refractivity contribution < 1.29 is 9.90 Å². The van der Waals surface area contributed by atoms with Crippen LogP contribution in [0.25, 0.3) is 0 Å². The Labute approximate surface area is 166 Å². The number of guanidine groups is 1. The van der Waals surface area contributed by atoms with Crippen LogP contribution in [0, 0.1) is 0 Å². The fourth-order valence-electron chi connectivity index (χ4n) is 2.85. The fourth-order valence-corrected chi connectivity index (χ4v) is 2.85. The second-order valence-corrected chi connectivity index (χ2v) is 6.23. The summed E-state index contributed by atoms with van der Waals surface area (Å²) in [4.78, 5) is 15.8.